The third-order valence-corrected chi connectivity index (χ3v) is 4.44. The van der Waals surface area contributed by atoms with Crippen LogP contribution in [0.25, 0.3) is 10.8 Å². The van der Waals surface area contributed by atoms with Crippen LogP contribution in [-0.4, -0.2) is 24.8 Å². The van der Waals surface area contributed by atoms with E-state index in [9.17, 15) is 4.79 Å². The molecule has 0 aliphatic rings. The summed E-state index contributed by atoms with van der Waals surface area (Å²) in [6, 6.07) is 21.3. The lowest BCUT2D eigenvalue weighted by Crippen LogP contribution is -2.33. The van der Waals surface area contributed by atoms with Crippen LogP contribution in [0.1, 0.15) is 32.3 Å². The molecule has 5 heteroatoms. The van der Waals surface area contributed by atoms with E-state index in [0.717, 1.165) is 41.5 Å². The van der Waals surface area contributed by atoms with Crippen LogP contribution < -0.4 is 14.9 Å². The molecule has 1 amide bonds. The van der Waals surface area contributed by atoms with Gasteiger partial charge >= 0.3 is 0 Å². The number of carbonyl (C=O) groups excluding carboxylic acids is 1. The maximum atomic E-state index is 12.2. The lowest BCUT2D eigenvalue weighted by Gasteiger charge is -2.13. The second-order valence-corrected chi connectivity index (χ2v) is 6.77. The molecule has 0 bridgehead atoms. The first-order valence-corrected chi connectivity index (χ1v) is 9.87. The summed E-state index contributed by atoms with van der Waals surface area (Å²) >= 11 is 0. The van der Waals surface area contributed by atoms with Crippen molar-refractivity contribution in [2.45, 2.75) is 32.8 Å². The molecule has 0 fully saturated rings. The van der Waals surface area contributed by atoms with Crippen LogP contribution in [0, 0.1) is 0 Å². The number of benzene rings is 3. The van der Waals surface area contributed by atoms with Crippen molar-refractivity contribution in [1.82, 2.24) is 5.43 Å². The molecular weight excluding hydrogens is 364 g/mol. The molecular formula is C24H26N2O3. The molecule has 3 aromatic carbocycles. The quantitative estimate of drug-likeness (QED) is 0.320. The van der Waals surface area contributed by atoms with Gasteiger partial charge < -0.3 is 9.47 Å². The summed E-state index contributed by atoms with van der Waals surface area (Å²) in [5.41, 5.74) is 3.39. The van der Waals surface area contributed by atoms with Gasteiger partial charge in [0.1, 0.15) is 11.5 Å². The largest absolute Gasteiger partial charge is 0.494 e. The zero-order chi connectivity index (χ0) is 20.5. The Morgan fingerprint density at radius 2 is 1.76 bits per heavy atom. The first-order valence-electron chi connectivity index (χ1n) is 9.87. The van der Waals surface area contributed by atoms with Crippen LogP contribution in [0.4, 0.5) is 0 Å². The average Bonchev–Trinajstić information content (AvgIpc) is 2.75. The zero-order valence-electron chi connectivity index (χ0n) is 16.8. The second kappa shape index (κ2) is 10.3. The van der Waals surface area contributed by atoms with Gasteiger partial charge in [0, 0.05) is 0 Å². The Balaban J connectivity index is 1.50. The summed E-state index contributed by atoms with van der Waals surface area (Å²) in [7, 11) is 0. The van der Waals surface area contributed by atoms with E-state index in [4.69, 9.17) is 9.47 Å². The first kappa shape index (κ1) is 20.4. The molecule has 1 unspecified atom stereocenters. The van der Waals surface area contributed by atoms with Gasteiger partial charge in [0.15, 0.2) is 6.10 Å². The predicted octanol–water partition coefficient (Wildman–Crippen LogP) is 4.94. The molecule has 3 rings (SSSR count). The highest BCUT2D eigenvalue weighted by molar-refractivity contribution is 5.85. The van der Waals surface area contributed by atoms with Gasteiger partial charge in [-0.05, 0) is 66.1 Å². The van der Waals surface area contributed by atoms with Crippen molar-refractivity contribution >= 4 is 22.9 Å². The smallest absolute Gasteiger partial charge is 0.280 e. The molecule has 1 atom stereocenters. The standard InChI is InChI=1S/C24H26N2O3/c1-3-4-15-28-22-12-9-19(10-13-22)17-25-26-24(27)18(2)29-23-14-11-20-7-5-6-8-21(20)16-23/h5-14,16-18H,3-4,15H2,1-2H3,(H,26,27). The Kier molecular flexibility index (Phi) is 7.22. The van der Waals surface area contributed by atoms with Crippen LogP contribution in [0.5, 0.6) is 11.5 Å². The Morgan fingerprint density at radius 1 is 1.03 bits per heavy atom. The molecule has 0 heterocycles. The highest BCUT2D eigenvalue weighted by atomic mass is 16.5. The first-order chi connectivity index (χ1) is 14.2. The number of fused-ring (bicyclic) bond motifs is 1. The topological polar surface area (TPSA) is 59.9 Å². The van der Waals surface area contributed by atoms with Gasteiger partial charge in [-0.2, -0.15) is 5.10 Å². The molecule has 0 spiro atoms. The molecule has 0 aliphatic heterocycles. The number of nitrogens with zero attached hydrogens (tertiary/aromatic N) is 1. The molecule has 0 saturated heterocycles. The fourth-order valence-corrected chi connectivity index (χ4v) is 2.74. The van der Waals surface area contributed by atoms with E-state index in [-0.39, 0.29) is 5.91 Å². The van der Waals surface area contributed by atoms with Crippen molar-refractivity contribution < 1.29 is 14.3 Å². The Bertz CT molecular complexity index is 967. The Hall–Kier alpha value is -3.34. The van der Waals surface area contributed by atoms with E-state index >= 15 is 0 Å². The monoisotopic (exact) mass is 390 g/mol. The van der Waals surface area contributed by atoms with Crippen LogP contribution in [0.15, 0.2) is 71.8 Å². The lowest BCUT2D eigenvalue weighted by atomic mass is 10.1. The van der Waals surface area contributed by atoms with E-state index in [0.29, 0.717) is 5.75 Å². The molecule has 150 valence electrons. The molecule has 0 aliphatic carbocycles. The number of nitrogens with one attached hydrogen (secondary N) is 1. The van der Waals surface area contributed by atoms with Crippen LogP contribution in [-0.2, 0) is 4.79 Å². The van der Waals surface area contributed by atoms with Gasteiger partial charge in [-0.15, -0.1) is 0 Å². The molecule has 0 aromatic heterocycles. The van der Waals surface area contributed by atoms with Crippen molar-refractivity contribution in [3.05, 3.63) is 72.3 Å². The fourth-order valence-electron chi connectivity index (χ4n) is 2.74. The maximum absolute atomic E-state index is 12.2. The third kappa shape index (κ3) is 6.07. The van der Waals surface area contributed by atoms with E-state index in [1.807, 2.05) is 66.7 Å². The molecule has 5 nitrogen and oxygen atoms in total. The normalized spacial score (nSPS) is 12.1. The van der Waals surface area contributed by atoms with Gasteiger partial charge in [0.2, 0.25) is 0 Å². The Labute approximate surface area is 171 Å². The zero-order valence-corrected chi connectivity index (χ0v) is 16.8. The van der Waals surface area contributed by atoms with E-state index in [2.05, 4.69) is 17.5 Å². The predicted molar refractivity (Wildman–Crippen MR) is 117 cm³/mol. The number of hydrogen-bond acceptors (Lipinski definition) is 4. The number of hydrogen-bond donors (Lipinski definition) is 1. The van der Waals surface area contributed by atoms with Gasteiger partial charge in [0.25, 0.3) is 5.91 Å². The summed E-state index contributed by atoms with van der Waals surface area (Å²) in [4.78, 5) is 12.2. The second-order valence-electron chi connectivity index (χ2n) is 6.77. The summed E-state index contributed by atoms with van der Waals surface area (Å²) in [5.74, 6) is 1.17. The maximum Gasteiger partial charge on any atom is 0.280 e. The van der Waals surface area contributed by atoms with Gasteiger partial charge in [-0.3, -0.25) is 4.79 Å². The van der Waals surface area contributed by atoms with Gasteiger partial charge in [-0.1, -0.05) is 43.7 Å². The van der Waals surface area contributed by atoms with Crippen molar-refractivity contribution in [3.8, 4) is 11.5 Å². The summed E-state index contributed by atoms with van der Waals surface area (Å²) in [5, 5.41) is 6.21. The number of carbonyl (C=O) groups is 1. The van der Waals surface area contributed by atoms with E-state index in [1.165, 1.54) is 0 Å². The summed E-state index contributed by atoms with van der Waals surface area (Å²) in [6.45, 7) is 4.54. The van der Waals surface area contributed by atoms with Crippen LogP contribution in [0.2, 0.25) is 0 Å². The summed E-state index contributed by atoms with van der Waals surface area (Å²) < 4.78 is 11.4. The number of ether oxygens (including phenoxy) is 2. The fraction of sp³-hybridized carbons (Fsp3) is 0.250. The highest BCUT2D eigenvalue weighted by Gasteiger charge is 2.14. The van der Waals surface area contributed by atoms with Crippen molar-refractivity contribution in [2.24, 2.45) is 5.10 Å². The molecule has 0 saturated carbocycles. The number of hydrazone groups is 1. The minimum absolute atomic E-state index is 0.311. The number of rotatable bonds is 9. The third-order valence-electron chi connectivity index (χ3n) is 4.44. The van der Waals surface area contributed by atoms with E-state index < -0.39 is 6.10 Å². The number of amides is 1. The van der Waals surface area contributed by atoms with Crippen molar-refractivity contribution in [3.63, 3.8) is 0 Å². The molecule has 3 aromatic rings. The number of unbranched alkanes of at least 4 members (excludes halogenated alkanes) is 1. The minimum atomic E-state index is -0.664. The molecule has 29 heavy (non-hydrogen) atoms. The van der Waals surface area contributed by atoms with Gasteiger partial charge in [0.05, 0.1) is 12.8 Å². The molecule has 0 radical (unpaired) electrons. The van der Waals surface area contributed by atoms with Crippen molar-refractivity contribution in [1.29, 1.82) is 0 Å². The van der Waals surface area contributed by atoms with Gasteiger partial charge in [-0.25, -0.2) is 5.43 Å². The minimum Gasteiger partial charge on any atom is -0.494 e. The summed E-state index contributed by atoms with van der Waals surface area (Å²) in [6.07, 6.45) is 3.07. The lowest BCUT2D eigenvalue weighted by molar-refractivity contribution is -0.127. The average molecular weight is 390 g/mol. The van der Waals surface area contributed by atoms with Crippen molar-refractivity contribution in [2.75, 3.05) is 6.61 Å². The van der Waals surface area contributed by atoms with Crippen LogP contribution in [0.3, 0.4) is 0 Å². The molecule has 1 N–H and O–H groups in total. The van der Waals surface area contributed by atoms with Crippen LogP contribution >= 0.6 is 0 Å². The SMILES string of the molecule is CCCCOc1ccc(C=NNC(=O)C(C)Oc2ccc3ccccc3c2)cc1. The Morgan fingerprint density at radius 3 is 2.52 bits per heavy atom. The highest BCUT2D eigenvalue weighted by Crippen LogP contribution is 2.21. The van der Waals surface area contributed by atoms with E-state index in [1.54, 1.807) is 13.1 Å².